The highest BCUT2D eigenvalue weighted by atomic mass is 19.1. The van der Waals surface area contributed by atoms with Crippen LogP contribution < -0.4 is 15.5 Å². The summed E-state index contributed by atoms with van der Waals surface area (Å²) < 4.78 is 13.8. The molecule has 0 spiro atoms. The maximum absolute atomic E-state index is 13.8. The number of aryl methyl sites for hydroxylation is 1. The molecule has 2 heterocycles. The molecule has 2 amide bonds. The molecule has 0 bridgehead atoms. The van der Waals surface area contributed by atoms with Gasteiger partial charge in [-0.25, -0.2) is 4.39 Å². The van der Waals surface area contributed by atoms with E-state index in [0.717, 1.165) is 44.7 Å². The quantitative estimate of drug-likeness (QED) is 0.680. The van der Waals surface area contributed by atoms with Crippen LogP contribution in [0.4, 0.5) is 15.8 Å². The zero-order chi connectivity index (χ0) is 23.5. The predicted molar refractivity (Wildman–Crippen MR) is 128 cm³/mol. The monoisotopic (exact) mass is 453 g/mol. The third kappa shape index (κ3) is 5.34. The summed E-state index contributed by atoms with van der Waals surface area (Å²) in [6, 6.07) is 10.9. The molecule has 33 heavy (non-hydrogen) atoms. The molecule has 2 aromatic carbocycles. The van der Waals surface area contributed by atoms with Crippen LogP contribution in [0.5, 0.6) is 0 Å². The molecule has 0 radical (unpaired) electrons. The third-order valence-corrected chi connectivity index (χ3v) is 6.69. The van der Waals surface area contributed by atoms with E-state index < -0.39 is 17.6 Å². The molecule has 8 heteroatoms. The van der Waals surface area contributed by atoms with Gasteiger partial charge in [0, 0.05) is 57.7 Å². The van der Waals surface area contributed by atoms with E-state index in [4.69, 9.17) is 0 Å². The van der Waals surface area contributed by atoms with Crippen molar-refractivity contribution in [2.45, 2.75) is 19.4 Å². The number of rotatable bonds is 5. The highest BCUT2D eigenvalue weighted by Gasteiger charge is 2.27. The molecule has 2 aromatic rings. The van der Waals surface area contributed by atoms with E-state index in [1.54, 1.807) is 19.1 Å². The van der Waals surface area contributed by atoms with Crippen LogP contribution in [0.1, 0.15) is 22.7 Å². The number of hydrogen-bond acceptors (Lipinski definition) is 5. The lowest BCUT2D eigenvalue weighted by atomic mass is 10.00. The van der Waals surface area contributed by atoms with Crippen molar-refractivity contribution in [2.24, 2.45) is 0 Å². The summed E-state index contributed by atoms with van der Waals surface area (Å²) in [7, 11) is 4.21. The van der Waals surface area contributed by atoms with Crippen molar-refractivity contribution in [1.82, 2.24) is 15.1 Å². The van der Waals surface area contributed by atoms with E-state index in [1.807, 2.05) is 0 Å². The standard InChI is InChI=1S/C25H32FN5O2/c1-17-4-6-20(15-21(17)26)28-25(33)24(32)27-16-23(31-12-10-29(2)11-13-31)18-5-7-22-19(14-18)8-9-30(22)3/h4-7,14-15,23H,8-13,16H2,1-3H3,(H,27,32)(H,28,33)/t23-/m1/s1. The molecular weight excluding hydrogens is 421 g/mol. The number of halogens is 1. The average Bonchev–Trinajstić information content (AvgIpc) is 3.17. The maximum Gasteiger partial charge on any atom is 0.313 e. The molecule has 2 aliphatic rings. The van der Waals surface area contributed by atoms with Gasteiger partial charge in [-0.15, -0.1) is 0 Å². The second kappa shape index (κ2) is 9.89. The Morgan fingerprint density at radius 2 is 1.76 bits per heavy atom. The van der Waals surface area contributed by atoms with Crippen molar-refractivity contribution in [2.75, 3.05) is 63.6 Å². The number of carbonyl (C=O) groups excluding carboxylic acids is 2. The first kappa shape index (κ1) is 23.2. The number of likely N-dealkylation sites (N-methyl/N-ethyl adjacent to an activating group) is 2. The van der Waals surface area contributed by atoms with Crippen LogP contribution in [0.3, 0.4) is 0 Å². The number of fused-ring (bicyclic) bond motifs is 1. The molecule has 0 aliphatic carbocycles. The summed E-state index contributed by atoms with van der Waals surface area (Å²) in [5, 5.41) is 5.28. The molecule has 2 N–H and O–H groups in total. The van der Waals surface area contributed by atoms with Gasteiger partial charge in [0.1, 0.15) is 5.82 Å². The molecule has 1 atom stereocenters. The normalized spacial score (nSPS) is 17.5. The Labute approximate surface area is 194 Å². The van der Waals surface area contributed by atoms with Crippen LogP contribution >= 0.6 is 0 Å². The zero-order valence-corrected chi connectivity index (χ0v) is 19.5. The summed E-state index contributed by atoms with van der Waals surface area (Å²) in [6.45, 7) is 6.67. The van der Waals surface area contributed by atoms with E-state index in [1.165, 1.54) is 17.3 Å². The maximum atomic E-state index is 13.8. The number of nitrogens with one attached hydrogen (secondary N) is 2. The highest BCUT2D eigenvalue weighted by Crippen LogP contribution is 2.31. The lowest BCUT2D eigenvalue weighted by molar-refractivity contribution is -0.136. The second-order valence-corrected chi connectivity index (χ2v) is 9.04. The van der Waals surface area contributed by atoms with Gasteiger partial charge in [-0.05, 0) is 55.3 Å². The van der Waals surface area contributed by atoms with Crippen LogP contribution in [0.15, 0.2) is 36.4 Å². The minimum Gasteiger partial charge on any atom is -0.374 e. The van der Waals surface area contributed by atoms with Gasteiger partial charge in [0.05, 0.1) is 6.04 Å². The first-order valence-corrected chi connectivity index (χ1v) is 11.4. The Kier molecular flexibility index (Phi) is 6.95. The number of anilines is 2. The number of hydrogen-bond donors (Lipinski definition) is 2. The Hall–Kier alpha value is -2.97. The van der Waals surface area contributed by atoms with Gasteiger partial charge in [0.2, 0.25) is 0 Å². The van der Waals surface area contributed by atoms with Crippen molar-refractivity contribution in [3.05, 3.63) is 58.9 Å². The van der Waals surface area contributed by atoms with E-state index >= 15 is 0 Å². The lowest BCUT2D eigenvalue weighted by Gasteiger charge is -2.38. The van der Waals surface area contributed by atoms with E-state index in [2.05, 4.69) is 57.6 Å². The van der Waals surface area contributed by atoms with Gasteiger partial charge in [0.25, 0.3) is 0 Å². The summed E-state index contributed by atoms with van der Waals surface area (Å²) in [5.74, 6) is -1.95. The fraction of sp³-hybridized carbons (Fsp3) is 0.440. The minimum absolute atomic E-state index is 0.0246. The first-order chi connectivity index (χ1) is 15.8. The average molecular weight is 454 g/mol. The minimum atomic E-state index is -0.800. The smallest absolute Gasteiger partial charge is 0.313 e. The van der Waals surface area contributed by atoms with Crippen molar-refractivity contribution < 1.29 is 14.0 Å². The predicted octanol–water partition coefficient (Wildman–Crippen LogP) is 2.17. The first-order valence-electron chi connectivity index (χ1n) is 11.4. The Morgan fingerprint density at radius 1 is 1.00 bits per heavy atom. The van der Waals surface area contributed by atoms with Gasteiger partial charge in [-0.3, -0.25) is 14.5 Å². The molecule has 2 aliphatic heterocycles. The molecule has 7 nitrogen and oxygen atoms in total. The molecule has 0 aromatic heterocycles. The molecule has 1 fully saturated rings. The van der Waals surface area contributed by atoms with E-state index in [9.17, 15) is 14.0 Å². The van der Waals surface area contributed by atoms with Crippen LogP contribution in [0.2, 0.25) is 0 Å². The lowest BCUT2D eigenvalue weighted by Crippen LogP contribution is -2.49. The highest BCUT2D eigenvalue weighted by molar-refractivity contribution is 6.39. The molecule has 0 unspecified atom stereocenters. The van der Waals surface area contributed by atoms with Crippen LogP contribution in [-0.4, -0.2) is 75.0 Å². The third-order valence-electron chi connectivity index (χ3n) is 6.69. The number of carbonyl (C=O) groups is 2. The second-order valence-electron chi connectivity index (χ2n) is 9.04. The SMILES string of the molecule is Cc1ccc(NC(=O)C(=O)NC[C@H](c2ccc3c(c2)CCN3C)N2CCN(C)CC2)cc1F. The summed E-state index contributed by atoms with van der Waals surface area (Å²) in [4.78, 5) is 31.9. The Bertz CT molecular complexity index is 1040. The fourth-order valence-corrected chi connectivity index (χ4v) is 4.51. The van der Waals surface area contributed by atoms with Crippen LogP contribution in [-0.2, 0) is 16.0 Å². The summed E-state index contributed by atoms with van der Waals surface area (Å²) in [5.41, 5.74) is 4.46. The summed E-state index contributed by atoms with van der Waals surface area (Å²) in [6.07, 6.45) is 1.01. The van der Waals surface area contributed by atoms with Gasteiger partial charge in [-0.1, -0.05) is 18.2 Å². The van der Waals surface area contributed by atoms with Gasteiger partial charge >= 0.3 is 11.8 Å². The number of nitrogens with zero attached hydrogens (tertiary/aromatic N) is 3. The molecule has 176 valence electrons. The number of amides is 2. The van der Waals surface area contributed by atoms with Crippen molar-refractivity contribution in [1.29, 1.82) is 0 Å². The summed E-state index contributed by atoms with van der Waals surface area (Å²) >= 11 is 0. The van der Waals surface area contributed by atoms with Gasteiger partial charge in [-0.2, -0.15) is 0 Å². The van der Waals surface area contributed by atoms with Crippen LogP contribution in [0, 0.1) is 12.7 Å². The van der Waals surface area contributed by atoms with Gasteiger partial charge in [0.15, 0.2) is 0 Å². The molecular formula is C25H32FN5O2. The molecule has 0 saturated carbocycles. The molecule has 1 saturated heterocycles. The Morgan fingerprint density at radius 3 is 2.48 bits per heavy atom. The number of piperazine rings is 1. The van der Waals surface area contributed by atoms with Crippen LogP contribution in [0.25, 0.3) is 0 Å². The zero-order valence-electron chi connectivity index (χ0n) is 19.5. The van der Waals surface area contributed by atoms with Crippen molar-refractivity contribution >= 4 is 23.2 Å². The Balaban J connectivity index is 1.45. The fourth-order valence-electron chi connectivity index (χ4n) is 4.51. The van der Waals surface area contributed by atoms with E-state index in [0.29, 0.717) is 12.1 Å². The van der Waals surface area contributed by atoms with Crippen molar-refractivity contribution in [3.8, 4) is 0 Å². The largest absolute Gasteiger partial charge is 0.374 e. The topological polar surface area (TPSA) is 67.9 Å². The van der Waals surface area contributed by atoms with Gasteiger partial charge < -0.3 is 20.4 Å². The number of benzene rings is 2. The van der Waals surface area contributed by atoms with E-state index in [-0.39, 0.29) is 11.7 Å². The van der Waals surface area contributed by atoms with Crippen molar-refractivity contribution in [3.63, 3.8) is 0 Å². The molecule has 4 rings (SSSR count).